The van der Waals surface area contributed by atoms with Crippen molar-refractivity contribution in [2.45, 2.75) is 0 Å². The molecule has 0 aliphatic carbocycles. The quantitative estimate of drug-likeness (QED) is 0.366. The zero-order valence-corrected chi connectivity index (χ0v) is 12.4. The molecule has 0 spiro atoms. The SMILES string of the molecule is CN(C)c1ccc(/C=C\C(=O)c2ccccc2[N+](=O)[O-])cc1. The van der Waals surface area contributed by atoms with Gasteiger partial charge in [-0.3, -0.25) is 14.9 Å². The Balaban J connectivity index is 2.20. The van der Waals surface area contributed by atoms with Gasteiger partial charge in [-0.15, -0.1) is 0 Å². The smallest absolute Gasteiger partial charge is 0.280 e. The number of para-hydroxylation sites is 1. The third kappa shape index (κ3) is 3.58. The van der Waals surface area contributed by atoms with Crippen LogP contribution in [0.15, 0.2) is 54.6 Å². The van der Waals surface area contributed by atoms with E-state index in [9.17, 15) is 14.9 Å². The lowest BCUT2D eigenvalue weighted by atomic mass is 10.1. The average Bonchev–Trinajstić information content (AvgIpc) is 2.53. The van der Waals surface area contributed by atoms with Crippen molar-refractivity contribution in [2.24, 2.45) is 0 Å². The van der Waals surface area contributed by atoms with Crippen LogP contribution in [0.5, 0.6) is 0 Å². The van der Waals surface area contributed by atoms with Gasteiger partial charge in [-0.1, -0.05) is 30.3 Å². The minimum absolute atomic E-state index is 0.0914. The predicted octanol–water partition coefficient (Wildman–Crippen LogP) is 3.56. The van der Waals surface area contributed by atoms with Crippen LogP contribution in [0, 0.1) is 10.1 Å². The normalized spacial score (nSPS) is 10.6. The highest BCUT2D eigenvalue weighted by atomic mass is 16.6. The van der Waals surface area contributed by atoms with Gasteiger partial charge < -0.3 is 4.90 Å². The summed E-state index contributed by atoms with van der Waals surface area (Å²) in [6.45, 7) is 0. The van der Waals surface area contributed by atoms with E-state index in [4.69, 9.17) is 0 Å². The van der Waals surface area contributed by atoms with Crippen LogP contribution in [-0.2, 0) is 0 Å². The summed E-state index contributed by atoms with van der Waals surface area (Å²) in [5.74, 6) is -0.385. The molecule has 5 nitrogen and oxygen atoms in total. The van der Waals surface area contributed by atoms with E-state index in [1.807, 2.05) is 43.3 Å². The summed E-state index contributed by atoms with van der Waals surface area (Å²) in [4.78, 5) is 24.5. The molecule has 0 aliphatic rings. The monoisotopic (exact) mass is 296 g/mol. The van der Waals surface area contributed by atoms with Crippen LogP contribution in [0.1, 0.15) is 15.9 Å². The number of anilines is 1. The summed E-state index contributed by atoms with van der Waals surface area (Å²) < 4.78 is 0. The highest BCUT2D eigenvalue weighted by Gasteiger charge is 2.16. The van der Waals surface area contributed by atoms with Crippen molar-refractivity contribution in [3.05, 3.63) is 75.8 Å². The number of nitro benzene ring substituents is 1. The van der Waals surface area contributed by atoms with Crippen LogP contribution in [0.4, 0.5) is 11.4 Å². The van der Waals surface area contributed by atoms with Crippen LogP contribution < -0.4 is 4.90 Å². The Morgan fingerprint density at radius 1 is 1.09 bits per heavy atom. The van der Waals surface area contributed by atoms with E-state index in [2.05, 4.69) is 0 Å². The first-order chi connectivity index (χ1) is 10.5. The molecule has 0 unspecified atom stereocenters. The Morgan fingerprint density at radius 3 is 2.32 bits per heavy atom. The highest BCUT2D eigenvalue weighted by Crippen LogP contribution is 2.19. The Hall–Kier alpha value is -2.95. The lowest BCUT2D eigenvalue weighted by molar-refractivity contribution is -0.385. The van der Waals surface area contributed by atoms with E-state index in [0.29, 0.717) is 0 Å². The number of hydrogen-bond donors (Lipinski definition) is 0. The van der Waals surface area contributed by atoms with E-state index >= 15 is 0 Å². The van der Waals surface area contributed by atoms with Crippen LogP contribution in [0.2, 0.25) is 0 Å². The number of carbonyl (C=O) groups is 1. The maximum Gasteiger partial charge on any atom is 0.280 e. The van der Waals surface area contributed by atoms with E-state index in [0.717, 1.165) is 11.3 Å². The van der Waals surface area contributed by atoms with E-state index < -0.39 is 4.92 Å². The Morgan fingerprint density at radius 2 is 1.73 bits per heavy atom. The number of ketones is 1. The number of allylic oxidation sites excluding steroid dienone is 1. The summed E-state index contributed by atoms with van der Waals surface area (Å²) >= 11 is 0. The van der Waals surface area contributed by atoms with E-state index in [1.54, 1.807) is 18.2 Å². The molecule has 0 atom stereocenters. The second-order valence-electron chi connectivity index (χ2n) is 4.96. The molecule has 2 rings (SSSR count). The fourth-order valence-electron chi connectivity index (χ4n) is 1.99. The molecule has 0 bridgehead atoms. The van der Waals surface area contributed by atoms with Gasteiger partial charge in [0, 0.05) is 25.8 Å². The largest absolute Gasteiger partial charge is 0.378 e. The van der Waals surface area contributed by atoms with Crippen molar-refractivity contribution in [3.8, 4) is 0 Å². The minimum atomic E-state index is -0.549. The molecule has 0 aliphatic heterocycles. The number of rotatable bonds is 5. The number of benzene rings is 2. The van der Waals surface area contributed by atoms with Crippen molar-refractivity contribution in [1.29, 1.82) is 0 Å². The zero-order chi connectivity index (χ0) is 16.1. The van der Waals surface area contributed by atoms with E-state index in [-0.39, 0.29) is 17.0 Å². The summed E-state index contributed by atoms with van der Waals surface area (Å²) in [5, 5.41) is 10.9. The molecule has 5 heteroatoms. The number of hydrogen-bond acceptors (Lipinski definition) is 4. The van der Waals surface area contributed by atoms with Gasteiger partial charge in [0.15, 0.2) is 5.78 Å². The second-order valence-corrected chi connectivity index (χ2v) is 4.96. The fraction of sp³-hybridized carbons (Fsp3) is 0.118. The first-order valence-electron chi connectivity index (χ1n) is 6.72. The molecule has 0 saturated carbocycles. The number of nitro groups is 1. The number of nitrogens with zero attached hydrogens (tertiary/aromatic N) is 2. The van der Waals surface area contributed by atoms with Crippen LogP contribution in [-0.4, -0.2) is 24.8 Å². The highest BCUT2D eigenvalue weighted by molar-refractivity contribution is 6.09. The third-order valence-electron chi connectivity index (χ3n) is 3.20. The molecule has 112 valence electrons. The maximum absolute atomic E-state index is 12.1. The molecule has 0 heterocycles. The van der Waals surface area contributed by atoms with Crippen molar-refractivity contribution in [2.75, 3.05) is 19.0 Å². The molecule has 2 aromatic carbocycles. The average molecular weight is 296 g/mol. The van der Waals surface area contributed by atoms with Crippen LogP contribution in [0.3, 0.4) is 0 Å². The standard InChI is InChI=1S/C17H16N2O3/c1-18(2)14-10-7-13(8-11-14)9-12-17(20)15-5-3-4-6-16(15)19(21)22/h3-12H,1-2H3/b12-9-. The van der Waals surface area contributed by atoms with Gasteiger partial charge in [-0.2, -0.15) is 0 Å². The summed E-state index contributed by atoms with van der Waals surface area (Å²) in [7, 11) is 3.89. The first-order valence-corrected chi connectivity index (χ1v) is 6.72. The second kappa shape index (κ2) is 6.67. The molecule has 22 heavy (non-hydrogen) atoms. The molecule has 0 amide bonds. The fourth-order valence-corrected chi connectivity index (χ4v) is 1.99. The maximum atomic E-state index is 12.1. The first kappa shape index (κ1) is 15.4. The van der Waals surface area contributed by atoms with Crippen molar-refractivity contribution in [1.82, 2.24) is 0 Å². The van der Waals surface area contributed by atoms with Crippen molar-refractivity contribution in [3.63, 3.8) is 0 Å². The third-order valence-corrected chi connectivity index (χ3v) is 3.20. The number of carbonyl (C=O) groups excluding carboxylic acids is 1. The predicted molar refractivity (Wildman–Crippen MR) is 87.2 cm³/mol. The molecule has 0 radical (unpaired) electrons. The van der Waals surface area contributed by atoms with Crippen molar-refractivity contribution >= 4 is 23.2 Å². The van der Waals surface area contributed by atoms with Gasteiger partial charge in [-0.05, 0) is 29.8 Å². The van der Waals surface area contributed by atoms with Gasteiger partial charge in [-0.25, -0.2) is 0 Å². The van der Waals surface area contributed by atoms with Gasteiger partial charge in [0.05, 0.1) is 10.5 Å². The van der Waals surface area contributed by atoms with Crippen molar-refractivity contribution < 1.29 is 9.72 Å². The van der Waals surface area contributed by atoms with Gasteiger partial charge >= 0.3 is 0 Å². The van der Waals surface area contributed by atoms with Gasteiger partial charge in [0.1, 0.15) is 0 Å². The molecular formula is C17H16N2O3. The molecular weight excluding hydrogens is 280 g/mol. The lowest BCUT2D eigenvalue weighted by Crippen LogP contribution is -2.07. The van der Waals surface area contributed by atoms with Gasteiger partial charge in [0.25, 0.3) is 5.69 Å². The van der Waals surface area contributed by atoms with Gasteiger partial charge in [0.2, 0.25) is 0 Å². The molecule has 2 aromatic rings. The summed E-state index contributed by atoms with van der Waals surface area (Å²) in [5.41, 5.74) is 1.83. The summed E-state index contributed by atoms with van der Waals surface area (Å²) in [6.07, 6.45) is 3.01. The topological polar surface area (TPSA) is 63.5 Å². The Kier molecular flexibility index (Phi) is 4.68. The molecule has 0 aromatic heterocycles. The Labute approximate surface area is 128 Å². The summed E-state index contributed by atoms with van der Waals surface area (Å²) in [6, 6.07) is 13.6. The Bertz CT molecular complexity index is 719. The molecule has 0 N–H and O–H groups in total. The van der Waals surface area contributed by atoms with E-state index in [1.165, 1.54) is 18.2 Å². The van der Waals surface area contributed by atoms with Crippen LogP contribution in [0.25, 0.3) is 6.08 Å². The molecule has 0 fully saturated rings. The zero-order valence-electron chi connectivity index (χ0n) is 12.4. The van der Waals surface area contributed by atoms with Crippen LogP contribution >= 0.6 is 0 Å². The lowest BCUT2D eigenvalue weighted by Gasteiger charge is -2.11. The molecule has 0 saturated heterocycles. The minimum Gasteiger partial charge on any atom is -0.378 e.